The molecule has 0 spiro atoms. The zero-order chi connectivity index (χ0) is 9.97. The van der Waals surface area contributed by atoms with Crippen molar-refractivity contribution in [1.29, 1.82) is 0 Å². The monoisotopic (exact) mass is 209 g/mol. The Bertz CT molecular complexity index is 381. The second-order valence-corrected chi connectivity index (χ2v) is 4.26. The SMILES string of the molecule is Cc1nc(C(=O)C2=COCCC2)cs1. The fourth-order valence-electron chi connectivity index (χ4n) is 1.36. The van der Waals surface area contributed by atoms with Gasteiger partial charge in [0.1, 0.15) is 5.69 Å². The van der Waals surface area contributed by atoms with E-state index in [-0.39, 0.29) is 5.78 Å². The molecule has 4 heteroatoms. The Morgan fingerprint density at radius 1 is 1.64 bits per heavy atom. The highest BCUT2D eigenvalue weighted by Crippen LogP contribution is 2.18. The average Bonchev–Trinajstić information content (AvgIpc) is 2.65. The number of aromatic nitrogens is 1. The van der Waals surface area contributed by atoms with E-state index in [1.807, 2.05) is 6.92 Å². The molecule has 0 bridgehead atoms. The summed E-state index contributed by atoms with van der Waals surface area (Å²) < 4.78 is 5.12. The van der Waals surface area contributed by atoms with E-state index in [9.17, 15) is 4.79 Å². The molecular weight excluding hydrogens is 198 g/mol. The summed E-state index contributed by atoms with van der Waals surface area (Å²) in [5.41, 5.74) is 1.28. The molecule has 2 heterocycles. The topological polar surface area (TPSA) is 39.2 Å². The number of Topliss-reactive ketones (excluding diaryl/α,β-unsaturated/α-hetero) is 1. The number of ether oxygens (including phenoxy) is 1. The number of hydrogen-bond acceptors (Lipinski definition) is 4. The molecule has 0 saturated heterocycles. The van der Waals surface area contributed by atoms with Gasteiger partial charge in [0.15, 0.2) is 0 Å². The number of carbonyl (C=O) groups is 1. The van der Waals surface area contributed by atoms with Gasteiger partial charge in [0.2, 0.25) is 5.78 Å². The van der Waals surface area contributed by atoms with Crippen LogP contribution in [0.2, 0.25) is 0 Å². The second-order valence-electron chi connectivity index (χ2n) is 3.20. The van der Waals surface area contributed by atoms with Gasteiger partial charge in [-0.05, 0) is 19.8 Å². The molecule has 0 saturated carbocycles. The molecular formula is C10H11NO2S. The van der Waals surface area contributed by atoms with Gasteiger partial charge in [-0.25, -0.2) is 4.98 Å². The van der Waals surface area contributed by atoms with Crippen LogP contribution in [0, 0.1) is 6.92 Å². The van der Waals surface area contributed by atoms with Gasteiger partial charge in [-0.1, -0.05) is 0 Å². The summed E-state index contributed by atoms with van der Waals surface area (Å²) in [6.07, 6.45) is 3.29. The van der Waals surface area contributed by atoms with Gasteiger partial charge in [-0.2, -0.15) is 0 Å². The molecule has 0 fully saturated rings. The smallest absolute Gasteiger partial charge is 0.211 e. The summed E-state index contributed by atoms with van der Waals surface area (Å²) >= 11 is 1.50. The van der Waals surface area contributed by atoms with Crippen molar-refractivity contribution in [3.05, 3.63) is 27.9 Å². The van der Waals surface area contributed by atoms with Gasteiger partial charge in [0.25, 0.3) is 0 Å². The van der Waals surface area contributed by atoms with Crippen LogP contribution in [0.25, 0.3) is 0 Å². The Hall–Kier alpha value is -1.16. The lowest BCUT2D eigenvalue weighted by atomic mass is 10.0. The summed E-state index contributed by atoms with van der Waals surface area (Å²) in [4.78, 5) is 16.0. The van der Waals surface area contributed by atoms with E-state index in [4.69, 9.17) is 4.74 Å². The van der Waals surface area contributed by atoms with Crippen molar-refractivity contribution in [3.8, 4) is 0 Å². The summed E-state index contributed by atoms with van der Waals surface area (Å²) in [5.74, 6) is 0.00838. The third-order valence-corrected chi connectivity index (χ3v) is 2.85. The van der Waals surface area contributed by atoms with Crippen molar-refractivity contribution in [2.24, 2.45) is 0 Å². The second kappa shape index (κ2) is 3.92. The van der Waals surface area contributed by atoms with E-state index in [1.165, 1.54) is 11.3 Å². The van der Waals surface area contributed by atoms with Gasteiger partial charge in [0.05, 0.1) is 17.9 Å². The molecule has 0 unspecified atom stereocenters. The molecule has 0 atom stereocenters. The third-order valence-electron chi connectivity index (χ3n) is 2.08. The minimum atomic E-state index is 0.00838. The maximum Gasteiger partial charge on any atom is 0.211 e. The Kier molecular flexibility index (Phi) is 2.63. The fourth-order valence-corrected chi connectivity index (χ4v) is 1.96. The van der Waals surface area contributed by atoms with E-state index in [0.29, 0.717) is 12.3 Å². The standard InChI is InChI=1S/C10H11NO2S/c1-7-11-9(6-14-7)10(12)8-3-2-4-13-5-8/h5-6H,2-4H2,1H3. The summed E-state index contributed by atoms with van der Waals surface area (Å²) in [7, 11) is 0. The normalized spacial score (nSPS) is 15.9. The number of aryl methyl sites for hydroxylation is 1. The van der Waals surface area contributed by atoms with Crippen LogP contribution in [0.5, 0.6) is 0 Å². The van der Waals surface area contributed by atoms with Crippen molar-refractivity contribution in [2.75, 3.05) is 6.61 Å². The van der Waals surface area contributed by atoms with Gasteiger partial charge >= 0.3 is 0 Å². The predicted octanol–water partition coefficient (Wildman–Crippen LogP) is 2.33. The molecule has 1 aliphatic rings. The van der Waals surface area contributed by atoms with Crippen LogP contribution in [0.15, 0.2) is 17.2 Å². The molecule has 14 heavy (non-hydrogen) atoms. The summed E-state index contributed by atoms with van der Waals surface area (Å²) in [6.45, 7) is 2.61. The van der Waals surface area contributed by atoms with Crippen molar-refractivity contribution >= 4 is 17.1 Å². The van der Waals surface area contributed by atoms with Crippen LogP contribution in [0.4, 0.5) is 0 Å². The Morgan fingerprint density at radius 2 is 2.50 bits per heavy atom. The quantitative estimate of drug-likeness (QED) is 0.702. The van der Waals surface area contributed by atoms with E-state index in [2.05, 4.69) is 4.98 Å². The number of ketones is 1. The molecule has 0 N–H and O–H groups in total. The molecule has 0 aliphatic carbocycles. The van der Waals surface area contributed by atoms with Gasteiger partial charge < -0.3 is 4.74 Å². The molecule has 0 radical (unpaired) electrons. The highest BCUT2D eigenvalue weighted by molar-refractivity contribution is 7.09. The van der Waals surface area contributed by atoms with Crippen molar-refractivity contribution in [3.63, 3.8) is 0 Å². The number of carbonyl (C=O) groups excluding carboxylic acids is 1. The van der Waals surface area contributed by atoms with Crippen molar-refractivity contribution in [1.82, 2.24) is 4.98 Å². The van der Waals surface area contributed by atoms with E-state index in [0.717, 1.165) is 23.4 Å². The molecule has 1 aromatic heterocycles. The number of nitrogens with zero attached hydrogens (tertiary/aromatic N) is 1. The van der Waals surface area contributed by atoms with Crippen LogP contribution in [0.3, 0.4) is 0 Å². The highest BCUT2D eigenvalue weighted by Gasteiger charge is 2.17. The molecule has 3 nitrogen and oxygen atoms in total. The first-order valence-corrected chi connectivity index (χ1v) is 5.43. The minimum absolute atomic E-state index is 0.00838. The summed E-state index contributed by atoms with van der Waals surface area (Å²) in [6, 6.07) is 0. The fraction of sp³-hybridized carbons (Fsp3) is 0.400. The number of hydrogen-bond donors (Lipinski definition) is 0. The first kappa shape index (κ1) is 9.40. The highest BCUT2D eigenvalue weighted by atomic mass is 32.1. The Morgan fingerprint density at radius 3 is 3.07 bits per heavy atom. The molecule has 0 aromatic carbocycles. The predicted molar refractivity (Wildman–Crippen MR) is 54.5 cm³/mol. The lowest BCUT2D eigenvalue weighted by Gasteiger charge is -2.11. The van der Waals surface area contributed by atoms with Crippen LogP contribution < -0.4 is 0 Å². The van der Waals surface area contributed by atoms with Crippen LogP contribution in [-0.2, 0) is 4.74 Å². The molecule has 0 amide bonds. The van der Waals surface area contributed by atoms with Gasteiger partial charge in [-0.15, -0.1) is 11.3 Å². The first-order chi connectivity index (χ1) is 6.77. The maximum atomic E-state index is 11.8. The van der Waals surface area contributed by atoms with Gasteiger partial charge in [0, 0.05) is 11.0 Å². The first-order valence-electron chi connectivity index (χ1n) is 4.55. The summed E-state index contributed by atoms with van der Waals surface area (Å²) in [5, 5.41) is 2.72. The van der Waals surface area contributed by atoms with Crippen LogP contribution in [0.1, 0.15) is 28.3 Å². The lowest BCUT2D eigenvalue weighted by molar-refractivity contribution is 0.101. The van der Waals surface area contributed by atoms with Crippen LogP contribution in [-0.4, -0.2) is 17.4 Å². The number of allylic oxidation sites excluding steroid dienone is 1. The molecule has 74 valence electrons. The lowest BCUT2D eigenvalue weighted by Crippen LogP contribution is -2.09. The minimum Gasteiger partial charge on any atom is -0.501 e. The largest absolute Gasteiger partial charge is 0.501 e. The Balaban J connectivity index is 2.19. The van der Waals surface area contributed by atoms with E-state index >= 15 is 0 Å². The maximum absolute atomic E-state index is 11.8. The number of thiazole rings is 1. The third kappa shape index (κ3) is 1.85. The average molecular weight is 209 g/mol. The number of rotatable bonds is 2. The van der Waals surface area contributed by atoms with Crippen molar-refractivity contribution < 1.29 is 9.53 Å². The van der Waals surface area contributed by atoms with Crippen LogP contribution >= 0.6 is 11.3 Å². The zero-order valence-corrected chi connectivity index (χ0v) is 8.76. The van der Waals surface area contributed by atoms with E-state index < -0.39 is 0 Å². The molecule has 1 aromatic rings. The van der Waals surface area contributed by atoms with Crippen molar-refractivity contribution in [2.45, 2.75) is 19.8 Å². The zero-order valence-electron chi connectivity index (χ0n) is 7.95. The van der Waals surface area contributed by atoms with Gasteiger partial charge in [-0.3, -0.25) is 4.79 Å². The van der Waals surface area contributed by atoms with E-state index in [1.54, 1.807) is 11.6 Å². The molecule has 1 aliphatic heterocycles. The molecule has 2 rings (SSSR count). The Labute approximate surface area is 86.4 Å².